The molecule has 2 fully saturated rings. The molecule has 7 nitrogen and oxygen atoms in total. The first kappa shape index (κ1) is 22.9. The summed E-state index contributed by atoms with van der Waals surface area (Å²) in [4.78, 5) is 28.8. The van der Waals surface area contributed by atoms with Crippen molar-refractivity contribution in [3.05, 3.63) is 23.8 Å². The van der Waals surface area contributed by atoms with Gasteiger partial charge in [-0.3, -0.25) is 9.80 Å². The molecule has 176 valence electrons. The van der Waals surface area contributed by atoms with Gasteiger partial charge in [-0.05, 0) is 81.4 Å². The van der Waals surface area contributed by atoms with E-state index in [1.807, 2.05) is 13.0 Å². The number of methoxy groups -OCH3 is 1. The van der Waals surface area contributed by atoms with Crippen LogP contribution in [0.5, 0.6) is 0 Å². The second kappa shape index (κ2) is 9.69. The summed E-state index contributed by atoms with van der Waals surface area (Å²) in [5, 5.41) is 3.70. The average Bonchev–Trinajstić information content (AvgIpc) is 3.70. The van der Waals surface area contributed by atoms with Crippen molar-refractivity contribution in [2.75, 3.05) is 36.6 Å². The summed E-state index contributed by atoms with van der Waals surface area (Å²) in [5.74, 6) is 1.64. The zero-order chi connectivity index (χ0) is 22.8. The van der Waals surface area contributed by atoms with Gasteiger partial charge in [0.1, 0.15) is 0 Å². The fourth-order valence-corrected chi connectivity index (χ4v) is 4.59. The van der Waals surface area contributed by atoms with Gasteiger partial charge in [0.05, 0.1) is 37.7 Å². The molecule has 7 heteroatoms. The third-order valence-electron chi connectivity index (χ3n) is 7.15. The third kappa shape index (κ3) is 5.03. The average molecular weight is 444 g/mol. The normalized spacial score (nSPS) is 22.2. The monoisotopic (exact) mass is 443 g/mol. The van der Waals surface area contributed by atoms with Gasteiger partial charge in [0.15, 0.2) is 0 Å². The van der Waals surface area contributed by atoms with Crippen LogP contribution in [-0.4, -0.2) is 51.1 Å². The van der Waals surface area contributed by atoms with E-state index in [2.05, 4.69) is 31.3 Å². The van der Waals surface area contributed by atoms with E-state index >= 15 is 0 Å². The maximum atomic E-state index is 13.0. The maximum absolute atomic E-state index is 13.0. The van der Waals surface area contributed by atoms with E-state index in [0.29, 0.717) is 36.7 Å². The fourth-order valence-electron chi connectivity index (χ4n) is 4.59. The van der Waals surface area contributed by atoms with Crippen molar-refractivity contribution in [1.82, 2.24) is 5.32 Å². The Balaban J connectivity index is 1.59. The van der Waals surface area contributed by atoms with Crippen LogP contribution < -0.4 is 15.1 Å². The lowest BCUT2D eigenvalue weighted by Gasteiger charge is -2.40. The number of fused-ring (bicyclic) bond motifs is 1. The summed E-state index contributed by atoms with van der Waals surface area (Å²) in [5.41, 5.74) is 2.58. The SMILES string of the molecule is CCC(CNC(C)C1CC1)c1ccc2c(c1)N(C(=O)OCC1CC1)CC(C)N2C(=O)OC. The molecule has 3 unspecified atom stereocenters. The molecule has 2 saturated carbocycles. The molecule has 0 radical (unpaired) electrons. The zero-order valence-electron chi connectivity index (χ0n) is 19.8. The topological polar surface area (TPSA) is 71.1 Å². The van der Waals surface area contributed by atoms with Crippen molar-refractivity contribution >= 4 is 23.6 Å². The Morgan fingerprint density at radius 3 is 2.53 bits per heavy atom. The lowest BCUT2D eigenvalue weighted by atomic mass is 9.93. The lowest BCUT2D eigenvalue weighted by molar-refractivity contribution is 0.147. The van der Waals surface area contributed by atoms with Crippen LogP contribution >= 0.6 is 0 Å². The van der Waals surface area contributed by atoms with Crippen molar-refractivity contribution < 1.29 is 19.1 Å². The minimum atomic E-state index is -0.413. The largest absolute Gasteiger partial charge is 0.452 e. The molecule has 1 aromatic carbocycles. The van der Waals surface area contributed by atoms with Gasteiger partial charge >= 0.3 is 12.2 Å². The van der Waals surface area contributed by atoms with E-state index in [1.165, 1.54) is 25.5 Å². The molecule has 0 spiro atoms. The summed E-state index contributed by atoms with van der Waals surface area (Å²) in [6.07, 6.45) is 5.15. The summed E-state index contributed by atoms with van der Waals surface area (Å²) >= 11 is 0. The predicted molar refractivity (Wildman–Crippen MR) is 125 cm³/mol. The molecule has 2 aliphatic carbocycles. The van der Waals surface area contributed by atoms with Crippen molar-refractivity contribution in [2.24, 2.45) is 11.8 Å². The first-order valence-corrected chi connectivity index (χ1v) is 12.1. The Labute approximate surface area is 191 Å². The number of carbonyl (C=O) groups is 2. The van der Waals surface area contributed by atoms with Gasteiger partial charge in [0.2, 0.25) is 0 Å². The van der Waals surface area contributed by atoms with Crippen LogP contribution in [0.3, 0.4) is 0 Å². The van der Waals surface area contributed by atoms with Crippen LogP contribution in [0.1, 0.15) is 64.4 Å². The van der Waals surface area contributed by atoms with E-state index in [9.17, 15) is 9.59 Å². The Bertz CT molecular complexity index is 836. The maximum Gasteiger partial charge on any atom is 0.414 e. The molecule has 0 aromatic heterocycles. The number of amides is 2. The second-order valence-corrected chi connectivity index (χ2v) is 9.71. The third-order valence-corrected chi connectivity index (χ3v) is 7.15. The number of nitrogens with one attached hydrogen (secondary N) is 1. The van der Waals surface area contributed by atoms with E-state index in [0.717, 1.165) is 37.4 Å². The molecular formula is C25H37N3O4. The lowest BCUT2D eigenvalue weighted by Crippen LogP contribution is -2.52. The van der Waals surface area contributed by atoms with Gasteiger partial charge < -0.3 is 14.8 Å². The molecule has 32 heavy (non-hydrogen) atoms. The summed E-state index contributed by atoms with van der Waals surface area (Å²) in [7, 11) is 1.39. The van der Waals surface area contributed by atoms with Gasteiger partial charge in [0, 0.05) is 12.6 Å². The Kier molecular flexibility index (Phi) is 6.93. The molecule has 0 bridgehead atoms. The Morgan fingerprint density at radius 1 is 1.16 bits per heavy atom. The van der Waals surface area contributed by atoms with Gasteiger partial charge in [-0.1, -0.05) is 13.0 Å². The van der Waals surface area contributed by atoms with Crippen molar-refractivity contribution in [1.29, 1.82) is 0 Å². The highest BCUT2D eigenvalue weighted by molar-refractivity contribution is 6.00. The fraction of sp³-hybridized carbons (Fsp3) is 0.680. The van der Waals surface area contributed by atoms with Crippen LogP contribution in [0, 0.1) is 11.8 Å². The number of ether oxygens (including phenoxy) is 2. The number of hydrogen-bond donors (Lipinski definition) is 1. The second-order valence-electron chi connectivity index (χ2n) is 9.71. The van der Waals surface area contributed by atoms with E-state index in [-0.39, 0.29) is 12.1 Å². The minimum absolute atomic E-state index is 0.211. The molecule has 1 heterocycles. The Morgan fingerprint density at radius 2 is 1.91 bits per heavy atom. The summed E-state index contributed by atoms with van der Waals surface area (Å²) in [6, 6.07) is 6.42. The first-order valence-electron chi connectivity index (χ1n) is 12.1. The molecule has 3 atom stereocenters. The first-order chi connectivity index (χ1) is 15.4. The molecular weight excluding hydrogens is 406 g/mol. The van der Waals surface area contributed by atoms with Crippen molar-refractivity contribution in [2.45, 2.75) is 70.9 Å². The van der Waals surface area contributed by atoms with Crippen LogP contribution in [0.4, 0.5) is 21.0 Å². The molecule has 3 aliphatic rings. The van der Waals surface area contributed by atoms with Gasteiger partial charge in [-0.2, -0.15) is 0 Å². The number of hydrogen-bond acceptors (Lipinski definition) is 5. The van der Waals surface area contributed by atoms with Crippen LogP contribution in [0.25, 0.3) is 0 Å². The Hall–Kier alpha value is -2.28. The molecule has 0 saturated heterocycles. The molecule has 1 aromatic rings. The van der Waals surface area contributed by atoms with Crippen molar-refractivity contribution in [3.8, 4) is 0 Å². The predicted octanol–water partition coefficient (Wildman–Crippen LogP) is 4.90. The van der Waals surface area contributed by atoms with Crippen LogP contribution in [0.2, 0.25) is 0 Å². The van der Waals surface area contributed by atoms with E-state index in [4.69, 9.17) is 9.47 Å². The standard InChI is InChI=1S/C25H37N3O4/c1-5-19(13-26-17(3)20-8-9-20)21-10-11-22-23(12-21)27(24(29)32-15-18-6-7-18)14-16(2)28(22)25(30)31-4/h10-12,16-20,26H,5-9,13-15H2,1-4H3. The van der Waals surface area contributed by atoms with Crippen LogP contribution in [-0.2, 0) is 9.47 Å². The molecule has 4 rings (SSSR count). The van der Waals surface area contributed by atoms with Crippen LogP contribution in [0.15, 0.2) is 18.2 Å². The van der Waals surface area contributed by atoms with Gasteiger partial charge in [-0.15, -0.1) is 0 Å². The number of carbonyl (C=O) groups excluding carboxylic acids is 2. The zero-order valence-corrected chi connectivity index (χ0v) is 19.8. The minimum Gasteiger partial charge on any atom is -0.452 e. The van der Waals surface area contributed by atoms with E-state index < -0.39 is 6.09 Å². The molecule has 1 N–H and O–H groups in total. The number of rotatable bonds is 8. The number of nitrogens with zero attached hydrogens (tertiary/aromatic N) is 2. The molecule has 1 aliphatic heterocycles. The highest BCUT2D eigenvalue weighted by atomic mass is 16.6. The highest BCUT2D eigenvalue weighted by Gasteiger charge is 2.37. The number of benzene rings is 1. The number of anilines is 2. The van der Waals surface area contributed by atoms with Gasteiger partial charge in [-0.25, -0.2) is 9.59 Å². The highest BCUT2D eigenvalue weighted by Crippen LogP contribution is 2.39. The quantitative estimate of drug-likeness (QED) is 0.619. The van der Waals surface area contributed by atoms with E-state index in [1.54, 1.807) is 9.80 Å². The van der Waals surface area contributed by atoms with Crippen molar-refractivity contribution in [3.63, 3.8) is 0 Å². The summed E-state index contributed by atoms with van der Waals surface area (Å²) in [6.45, 7) is 8.13. The molecule has 2 amide bonds. The smallest absolute Gasteiger partial charge is 0.414 e. The van der Waals surface area contributed by atoms with Gasteiger partial charge in [0.25, 0.3) is 0 Å². The summed E-state index contributed by atoms with van der Waals surface area (Å²) < 4.78 is 10.6.